The molecule has 7 heterocycles. The molecule has 0 radical (unpaired) electrons. The van der Waals surface area contributed by atoms with Gasteiger partial charge in [-0.2, -0.15) is 0 Å². The molecule has 35 atom stereocenters. The van der Waals surface area contributed by atoms with Gasteiger partial charge in [-0.25, -0.2) is 0 Å². The van der Waals surface area contributed by atoms with Gasteiger partial charge in [0, 0.05) is 152 Å². The van der Waals surface area contributed by atoms with Crippen molar-refractivity contribution in [1.29, 1.82) is 0 Å². The zero-order valence-electron chi connectivity index (χ0n) is 85.6. The van der Waals surface area contributed by atoms with Gasteiger partial charge in [0.1, 0.15) is 130 Å². The second-order valence-corrected chi connectivity index (χ2v) is 36.5. The fourth-order valence-corrected chi connectivity index (χ4v) is 16.3. The third-order valence-electron chi connectivity index (χ3n) is 21.3. The Balaban J connectivity index is 1.40. The molecule has 150 heavy (non-hydrogen) atoms. The van der Waals surface area contributed by atoms with Crippen LogP contribution in [0.15, 0.2) is 0 Å². The van der Waals surface area contributed by atoms with E-state index in [0.717, 1.165) is 152 Å². The van der Waals surface area contributed by atoms with Crippen molar-refractivity contribution in [3.63, 3.8) is 0 Å². The molecule has 0 saturated carbocycles. The molecule has 7 aliphatic rings. The Morgan fingerprint density at radius 3 is 0.407 bits per heavy atom. The molecule has 0 aromatic rings. The van der Waals surface area contributed by atoms with E-state index in [1.165, 1.54) is 13.8 Å². The van der Waals surface area contributed by atoms with E-state index in [0.29, 0.717) is 0 Å². The van der Waals surface area contributed by atoms with E-state index in [4.69, 9.17) is 171 Å². The Labute approximate surface area is 862 Å². The van der Waals surface area contributed by atoms with E-state index in [2.05, 4.69) is 15.9 Å². The predicted octanol–water partition coefficient (Wildman–Crippen LogP) is -1.99. The van der Waals surface area contributed by atoms with Crippen LogP contribution in [0.1, 0.15) is 166 Å². The topological polar surface area (TPSA) is 725 Å². The minimum Gasteiger partial charge on any atom is -0.463 e. The average molecular weight is 2230 g/mol. The molecule has 0 aliphatic carbocycles. The van der Waals surface area contributed by atoms with Gasteiger partial charge < -0.3 is 171 Å². The number of carbonyl (C=O) groups is 23. The Hall–Kier alpha value is -12.2. The number of alkyl halides is 1. The summed E-state index contributed by atoms with van der Waals surface area (Å²) in [6.07, 6.45) is -77.5. The zero-order chi connectivity index (χ0) is 112. The second-order valence-electron chi connectivity index (χ2n) is 34.5. The van der Waals surface area contributed by atoms with Crippen LogP contribution in [0.2, 0.25) is 0 Å². The van der Waals surface area contributed by atoms with Crippen LogP contribution in [0.25, 0.3) is 0 Å². The molecule has 0 bridgehead atoms. The normalized spacial score (nSPS) is 32.5. The highest BCUT2D eigenvalue weighted by molar-refractivity contribution is 9.10. The van der Waals surface area contributed by atoms with Crippen LogP contribution in [0.4, 0.5) is 0 Å². The van der Waals surface area contributed by atoms with Gasteiger partial charge in [-0.1, -0.05) is 15.9 Å². The highest BCUT2D eigenvalue weighted by Gasteiger charge is 2.66. The highest BCUT2D eigenvalue weighted by Crippen LogP contribution is 2.45. The van der Waals surface area contributed by atoms with Gasteiger partial charge in [0.2, 0.25) is 12.4 Å². The smallest absolute Gasteiger partial charge is 0.324 e. The lowest BCUT2D eigenvalue weighted by molar-refractivity contribution is -0.398. The minimum atomic E-state index is -2.51. The first-order chi connectivity index (χ1) is 70.0. The number of rotatable bonds is 43. The number of ether oxygens (including phenoxy) is 36. The first-order valence-corrected chi connectivity index (χ1v) is 46.7. The second kappa shape index (κ2) is 56.8. The minimum absolute atomic E-state index is 0.772. The monoisotopic (exact) mass is 2220 g/mol. The van der Waals surface area contributed by atoms with Crippen molar-refractivity contribution in [1.82, 2.24) is 0 Å². The average Bonchev–Trinajstić information content (AvgIpc) is 0.747. The van der Waals surface area contributed by atoms with E-state index < -0.39 is 403 Å². The standard InChI is InChI=1S/C90H121BrO59/c1-32(92)115-25-54-61(122-39(8)99)68(123-40(9)100)75(130-47(16)107)82(137-54)144-62-55(26-116-33(2)93)138-83(76(131-48(17)108)69(62)124-41(10)101)145-63-56(27-117-34(3)94)139-84(77(132-49(18)109)70(63)125-42(11)102)146-64-57(28-118-35(4)95)140-85(78(133-50(19)110)71(64)126-43(12)103)147-65-58(29-119-36(5)96)141-86(79(134-51(20)111)72(65)127-44(13)104)148-66-59(30-120-37(6)97)142-87(80(135-52(21)112)73(66)128-45(14)105)149-67-60(31-121-38(7)98)143-88(150-89(114)90(23,24)91)81(136-53(22)113)74(67)129-46(15)106/h54-88H,25-31H2,1-24H3/t54-,55-,56-,57-,58-,59-,60-,61-,62-,63-,64-,65-,66-,67-,68+,69+,70+,71+,72+,73+,74+,75-,76-,77-,78-,79-,80-,81-,82-,83-,84-,85-,86-,87-,88?/m1/s1. The third-order valence-corrected chi connectivity index (χ3v) is 21.6. The van der Waals surface area contributed by atoms with Crippen LogP contribution in [-0.2, 0) is 281 Å². The molecule has 7 fully saturated rings. The summed E-state index contributed by atoms with van der Waals surface area (Å²) in [5, 5.41) is 0. The van der Waals surface area contributed by atoms with Crippen molar-refractivity contribution >= 4 is 153 Å². The zero-order valence-corrected chi connectivity index (χ0v) is 87.2. The van der Waals surface area contributed by atoms with Gasteiger partial charge in [0.15, 0.2) is 123 Å². The van der Waals surface area contributed by atoms with Crippen LogP contribution in [0, 0.1) is 0 Å². The molecule has 0 aromatic carbocycles. The van der Waals surface area contributed by atoms with Crippen LogP contribution >= 0.6 is 15.9 Å². The lowest BCUT2D eigenvalue weighted by atomic mass is 9.94. The van der Waals surface area contributed by atoms with Gasteiger partial charge in [0.05, 0.1) is 0 Å². The lowest BCUT2D eigenvalue weighted by Crippen LogP contribution is -2.70. The maximum atomic E-state index is 14.0. The Morgan fingerprint density at radius 1 is 0.160 bits per heavy atom. The van der Waals surface area contributed by atoms with Crippen molar-refractivity contribution in [3.8, 4) is 0 Å². The van der Waals surface area contributed by atoms with E-state index in [1.807, 2.05) is 0 Å². The summed E-state index contributed by atoms with van der Waals surface area (Å²) in [5.74, 6) is -27.2. The number of hydrogen-bond donors (Lipinski definition) is 0. The molecule has 842 valence electrons. The Bertz CT molecular complexity index is 4770. The molecule has 0 spiro atoms. The summed E-state index contributed by atoms with van der Waals surface area (Å²) in [6, 6.07) is 0. The Kier molecular flexibility index (Phi) is 47.2. The molecule has 59 nitrogen and oxygen atoms in total. The van der Waals surface area contributed by atoms with Crippen LogP contribution in [0.3, 0.4) is 0 Å². The van der Waals surface area contributed by atoms with Crippen LogP contribution < -0.4 is 0 Å². The van der Waals surface area contributed by atoms with Crippen molar-refractivity contribution in [2.24, 2.45) is 0 Å². The summed E-state index contributed by atoms with van der Waals surface area (Å²) in [7, 11) is 0. The molecule has 60 heteroatoms. The first kappa shape index (κ1) is 125. The fraction of sp³-hybridized carbons (Fsp3) is 0.744. The summed E-state index contributed by atoms with van der Waals surface area (Å²) >= 11 is 3.17. The largest absolute Gasteiger partial charge is 0.463 e. The number of esters is 23. The lowest BCUT2D eigenvalue weighted by Gasteiger charge is -2.52. The highest BCUT2D eigenvalue weighted by atomic mass is 79.9. The van der Waals surface area contributed by atoms with E-state index in [1.54, 1.807) is 0 Å². The molecule has 0 N–H and O–H groups in total. The number of carbonyl (C=O) groups excluding carboxylic acids is 23. The molecule has 7 rings (SSSR count). The molecular weight excluding hydrogens is 2100 g/mol. The van der Waals surface area contributed by atoms with Gasteiger partial charge >= 0.3 is 137 Å². The number of halogens is 1. The summed E-state index contributed by atoms with van der Waals surface area (Å²) < 4.78 is 214. The van der Waals surface area contributed by atoms with Gasteiger partial charge in [-0.3, -0.25) is 110 Å². The summed E-state index contributed by atoms with van der Waals surface area (Å²) in [5.41, 5.74) is 0. The molecule has 0 aromatic heterocycles. The van der Waals surface area contributed by atoms with E-state index >= 15 is 0 Å². The predicted molar refractivity (Wildman–Crippen MR) is 469 cm³/mol. The van der Waals surface area contributed by atoms with Crippen LogP contribution in [0.5, 0.6) is 0 Å². The molecule has 7 saturated heterocycles. The molecule has 0 amide bonds. The first-order valence-electron chi connectivity index (χ1n) is 45.9. The molecular formula is C90H121BrO59. The van der Waals surface area contributed by atoms with Crippen molar-refractivity contribution < 1.29 is 281 Å². The SMILES string of the molecule is CC(=O)OC[C@H]1O[C@H](O[C@H]2[C@H](OC(C)=O)[C@@H](OC(C)=O)[C@@H](O[C@H]3[C@H](OC(C)=O)[C@@H](OC(C)=O)[C@@H](O[C@H]4[C@H](OC(C)=O)[C@@H](OC(C)=O)[C@@H](O[C@H]5[C@H](OC(C)=O)[C@@H](OC(C)=O)[C@@H](O[C@H]6[C@H](OC(C)=O)[C@@H](OC(C)=O)[C@@H](O[C@H]7[C@H](OC(C)=O)[C@@H](OC(C)=O)C(OC(=O)C(C)(C)Br)O[C@@H]7COC(C)=O)O[C@@H]6COC(C)=O)O[C@@H]5COC(C)=O)O[C@@H]4COC(C)=O)O[C@@H]3COC(C)=O)O[C@@H]2COC(C)=O)[C@H](OC(C)=O)[C@@H](OC(C)=O)[C@@H]1OC(C)=O. The maximum absolute atomic E-state index is 14.0. The third kappa shape index (κ3) is 37.4. The fourth-order valence-electron chi connectivity index (χ4n) is 16.2. The van der Waals surface area contributed by atoms with Crippen molar-refractivity contribution in [2.45, 2.75) is 385 Å². The van der Waals surface area contributed by atoms with Gasteiger partial charge in [-0.15, -0.1) is 0 Å². The number of hydrogen-bond acceptors (Lipinski definition) is 59. The van der Waals surface area contributed by atoms with Gasteiger partial charge in [-0.05, 0) is 13.8 Å². The summed E-state index contributed by atoms with van der Waals surface area (Å²) in [4.78, 5) is 308. The van der Waals surface area contributed by atoms with Crippen molar-refractivity contribution in [3.05, 3.63) is 0 Å². The van der Waals surface area contributed by atoms with Crippen molar-refractivity contribution in [2.75, 3.05) is 46.2 Å². The van der Waals surface area contributed by atoms with Gasteiger partial charge in [0.25, 0.3) is 0 Å². The summed E-state index contributed by atoms with van der Waals surface area (Å²) in [6.45, 7) is 14.2. The van der Waals surface area contributed by atoms with E-state index in [9.17, 15) is 110 Å². The molecule has 1 unspecified atom stereocenters. The maximum Gasteiger partial charge on any atom is 0.324 e. The Morgan fingerprint density at radius 2 is 0.273 bits per heavy atom. The molecule has 7 aliphatic heterocycles. The quantitative estimate of drug-likeness (QED) is 0.0362. The van der Waals surface area contributed by atoms with Crippen LogP contribution in [-0.4, -0.2) is 403 Å². The van der Waals surface area contributed by atoms with E-state index in [-0.39, 0.29) is 0 Å².